The van der Waals surface area contributed by atoms with Gasteiger partial charge >= 0.3 is 5.97 Å². The van der Waals surface area contributed by atoms with Crippen LogP contribution in [0.3, 0.4) is 0 Å². The number of ketones is 3. The lowest BCUT2D eigenvalue weighted by atomic mass is 9.78. The average Bonchev–Trinajstić information content (AvgIpc) is 3.39. The van der Waals surface area contributed by atoms with Gasteiger partial charge in [0.25, 0.3) is 11.7 Å². The lowest BCUT2D eigenvalue weighted by molar-refractivity contribution is -0.266. The van der Waals surface area contributed by atoms with E-state index < -0.39 is 71.8 Å². The largest absolute Gasteiger partial charge is 0.460 e. The van der Waals surface area contributed by atoms with E-state index in [4.69, 9.17) is 47.4 Å². The number of cyclic esters (lactones) is 1. The van der Waals surface area contributed by atoms with Crippen molar-refractivity contribution in [3.8, 4) is 0 Å². The van der Waals surface area contributed by atoms with Crippen molar-refractivity contribution in [2.45, 2.75) is 186 Å². The van der Waals surface area contributed by atoms with Gasteiger partial charge in [0.15, 0.2) is 5.78 Å². The van der Waals surface area contributed by atoms with Gasteiger partial charge in [0.2, 0.25) is 5.79 Å². The maximum atomic E-state index is 14.7. The Bertz CT molecular complexity index is 2000. The molecule has 76 heavy (non-hydrogen) atoms. The molecule has 4 fully saturated rings. The van der Waals surface area contributed by atoms with Crippen LogP contribution >= 0.6 is 0 Å². The van der Waals surface area contributed by atoms with Crippen molar-refractivity contribution in [2.24, 2.45) is 35.5 Å². The van der Waals surface area contributed by atoms with E-state index >= 15 is 0 Å². The summed E-state index contributed by atoms with van der Waals surface area (Å²) in [6.07, 6.45) is 13.5. The van der Waals surface area contributed by atoms with Crippen molar-refractivity contribution < 1.29 is 76.4 Å². The fraction of sp³-hybridized carbons (Fsp3) is 0.780. The van der Waals surface area contributed by atoms with Crippen molar-refractivity contribution in [1.82, 2.24) is 4.90 Å². The molecule has 1 aliphatic carbocycles. The quantitative estimate of drug-likeness (QED) is 0.0741. The molecule has 430 valence electrons. The van der Waals surface area contributed by atoms with Crippen LogP contribution in [0.15, 0.2) is 47.6 Å². The standard InChI is InChI=1S/C59H93NO16/c1-37-17-13-12-14-18-38(2)50(74-28-27-72-46-35-71-36-46)33-45-22-20-43(7)59(66,76-45)56(63)57(64)60-24-16-15-19-47(60)58(65)75-51(40(4)31-44-21-23-49(52(32-44)68-9)73-26-25-67-8)34-48(61)39(3)30-42(6)54(69-10)55(70-11)53(62)41(5)29-37/h12-14,17-18,30,37,39-41,43-47,49-52,54-55,66H,15-16,19-29,31-36H2,1-11H3/b14-12+,17-13+,38-18+,42-30+/t37-,39-,40-,41-,43-,44+,45+,47+,49-,50+,51+,52-,54-,55+,59-/m1/s1. The molecule has 0 unspecified atom stereocenters. The number of esters is 1. The van der Waals surface area contributed by atoms with Crippen molar-refractivity contribution >= 4 is 29.2 Å². The molecule has 0 radical (unpaired) electrons. The summed E-state index contributed by atoms with van der Waals surface area (Å²) in [5.74, 6) is -7.52. The first-order valence-electron chi connectivity index (χ1n) is 28.1. The molecular formula is C59H93NO16. The monoisotopic (exact) mass is 1070 g/mol. The van der Waals surface area contributed by atoms with Crippen LogP contribution in [0.25, 0.3) is 0 Å². The van der Waals surface area contributed by atoms with E-state index in [-0.39, 0.29) is 86.0 Å². The number of Topliss-reactive ketones (excluding diaryl/α,β-unsaturated/α-hetero) is 3. The molecule has 0 spiro atoms. The Kier molecular flexibility index (Phi) is 26.1. The maximum Gasteiger partial charge on any atom is 0.329 e. The van der Waals surface area contributed by atoms with Gasteiger partial charge in [-0.25, -0.2) is 4.79 Å². The third kappa shape index (κ3) is 17.8. The molecule has 2 bridgehead atoms. The molecule has 5 rings (SSSR count). The second-order valence-corrected chi connectivity index (χ2v) is 22.3. The van der Waals surface area contributed by atoms with Gasteiger partial charge in [-0.15, -0.1) is 0 Å². The summed E-state index contributed by atoms with van der Waals surface area (Å²) in [5.41, 5.74) is 1.52. The number of carbonyl (C=O) groups excluding carboxylic acids is 5. The number of ether oxygens (including phenoxy) is 10. The Labute approximate surface area is 453 Å². The van der Waals surface area contributed by atoms with Crippen LogP contribution in [0, 0.1) is 35.5 Å². The molecule has 3 saturated heterocycles. The number of fused-ring (bicyclic) bond motifs is 3. The number of amides is 1. The topological polar surface area (TPSA) is 201 Å². The summed E-state index contributed by atoms with van der Waals surface area (Å²) >= 11 is 0. The predicted molar refractivity (Wildman–Crippen MR) is 285 cm³/mol. The van der Waals surface area contributed by atoms with Gasteiger partial charge in [-0.1, -0.05) is 71.1 Å². The molecule has 4 heterocycles. The van der Waals surface area contributed by atoms with Gasteiger partial charge in [0.05, 0.1) is 64.1 Å². The van der Waals surface area contributed by atoms with Crippen molar-refractivity contribution in [3.05, 3.63) is 47.6 Å². The summed E-state index contributed by atoms with van der Waals surface area (Å²) in [6.45, 7) is 15.9. The minimum absolute atomic E-state index is 0.0240. The van der Waals surface area contributed by atoms with E-state index in [1.54, 1.807) is 34.1 Å². The fourth-order valence-corrected chi connectivity index (χ4v) is 11.5. The summed E-state index contributed by atoms with van der Waals surface area (Å²) in [5, 5.41) is 12.2. The van der Waals surface area contributed by atoms with Crippen molar-refractivity contribution in [3.63, 3.8) is 0 Å². The van der Waals surface area contributed by atoms with Crippen LogP contribution in [0.5, 0.6) is 0 Å². The number of allylic oxidation sites excluding steroid dienone is 6. The molecule has 5 aliphatic rings. The third-order valence-corrected chi connectivity index (χ3v) is 16.4. The van der Waals surface area contributed by atoms with Gasteiger partial charge in [0, 0.05) is 65.6 Å². The van der Waals surface area contributed by atoms with E-state index in [0.29, 0.717) is 83.6 Å². The lowest BCUT2D eigenvalue weighted by Gasteiger charge is -2.43. The van der Waals surface area contributed by atoms with Crippen molar-refractivity contribution in [2.75, 3.05) is 74.6 Å². The molecular weight excluding hydrogens is 979 g/mol. The van der Waals surface area contributed by atoms with E-state index in [2.05, 4.69) is 6.92 Å². The van der Waals surface area contributed by atoms with Crippen molar-refractivity contribution in [1.29, 1.82) is 0 Å². The number of nitrogens with zero attached hydrogens (tertiary/aromatic N) is 1. The predicted octanol–water partition coefficient (Wildman–Crippen LogP) is 7.29. The van der Waals surface area contributed by atoms with Crippen LogP contribution in [0.4, 0.5) is 0 Å². The molecule has 17 nitrogen and oxygen atoms in total. The first-order chi connectivity index (χ1) is 36.3. The van der Waals surface area contributed by atoms with Crippen LogP contribution in [0.2, 0.25) is 0 Å². The van der Waals surface area contributed by atoms with Crippen LogP contribution in [-0.4, -0.2) is 175 Å². The lowest BCUT2D eigenvalue weighted by Crippen LogP contribution is -2.61. The Morgan fingerprint density at radius 3 is 2.17 bits per heavy atom. The average molecular weight is 1070 g/mol. The molecule has 4 aliphatic heterocycles. The van der Waals surface area contributed by atoms with Gasteiger partial charge in [0.1, 0.15) is 36.2 Å². The van der Waals surface area contributed by atoms with E-state index in [1.807, 2.05) is 58.1 Å². The van der Waals surface area contributed by atoms with Gasteiger partial charge < -0.3 is 57.4 Å². The Morgan fingerprint density at radius 2 is 1.49 bits per heavy atom. The SMILES string of the molecule is COCCO[C@@H]1CC[C@@H](C[C@@H](C)[C@@H]2CC(=O)[C@H](C)/C=C(\C)[C@@H](OC)[C@@H](OC)C(=O)[C@H](C)C[C@H](C)/C=C/C=C/C=C(\C)[C@@H](OCCOC3COC3)C[C@@H]3CC[C@@H](C)[C@@](O)(O3)C(=O)C(=O)N3CCCC[C@H]3C(=O)O2)C[C@H]1OC. The van der Waals surface area contributed by atoms with Crippen LogP contribution in [0.1, 0.15) is 126 Å². The number of carbonyl (C=O) groups is 5. The minimum Gasteiger partial charge on any atom is -0.460 e. The number of methoxy groups -OCH3 is 4. The highest BCUT2D eigenvalue weighted by Crippen LogP contribution is 2.38. The molecule has 1 N–H and O–H groups in total. The highest BCUT2D eigenvalue weighted by molar-refractivity contribution is 6.39. The zero-order chi connectivity index (χ0) is 55.5. The number of piperidine rings is 1. The van der Waals surface area contributed by atoms with E-state index in [0.717, 1.165) is 18.4 Å². The molecule has 1 saturated carbocycles. The Morgan fingerprint density at radius 1 is 0.763 bits per heavy atom. The highest BCUT2D eigenvalue weighted by atomic mass is 16.6. The third-order valence-electron chi connectivity index (χ3n) is 16.4. The molecule has 15 atom stereocenters. The highest BCUT2D eigenvalue weighted by Gasteiger charge is 2.53. The number of hydrogen-bond donors (Lipinski definition) is 1. The summed E-state index contributed by atoms with van der Waals surface area (Å²) < 4.78 is 59.2. The van der Waals surface area contributed by atoms with Gasteiger partial charge in [-0.2, -0.15) is 0 Å². The maximum absolute atomic E-state index is 14.7. The molecule has 0 aromatic carbocycles. The summed E-state index contributed by atoms with van der Waals surface area (Å²) in [6, 6.07) is -1.14. The first-order valence-corrected chi connectivity index (χ1v) is 28.1. The van der Waals surface area contributed by atoms with Crippen LogP contribution < -0.4 is 0 Å². The second kappa shape index (κ2) is 31.3. The first kappa shape index (κ1) is 63.3. The molecule has 0 aromatic rings. The molecule has 1 amide bonds. The molecule has 0 aromatic heterocycles. The number of hydrogen-bond acceptors (Lipinski definition) is 16. The number of aliphatic hydroxyl groups is 1. The normalized spacial score (nSPS) is 37.4. The summed E-state index contributed by atoms with van der Waals surface area (Å²) in [7, 11) is 6.31. The van der Waals surface area contributed by atoms with E-state index in [1.165, 1.54) is 19.1 Å². The fourth-order valence-electron chi connectivity index (χ4n) is 11.5. The van der Waals surface area contributed by atoms with Gasteiger partial charge in [-0.05, 0) is 107 Å². The Balaban J connectivity index is 1.47. The smallest absolute Gasteiger partial charge is 0.329 e. The zero-order valence-electron chi connectivity index (χ0n) is 47.6. The minimum atomic E-state index is -2.46. The zero-order valence-corrected chi connectivity index (χ0v) is 47.6. The second-order valence-electron chi connectivity index (χ2n) is 22.3. The Hall–Kier alpha value is -3.49. The molecule has 17 heteroatoms. The summed E-state index contributed by atoms with van der Waals surface area (Å²) in [4.78, 5) is 73.5. The van der Waals surface area contributed by atoms with Gasteiger partial charge in [-0.3, -0.25) is 19.2 Å². The number of rotatable bonds is 15. The van der Waals surface area contributed by atoms with E-state index in [9.17, 15) is 29.1 Å². The van der Waals surface area contributed by atoms with Crippen LogP contribution in [-0.2, 0) is 71.3 Å².